The predicted molar refractivity (Wildman–Crippen MR) is 53.0 cm³/mol. The SMILES string of the molecule is C=CCN1CCCNCCS1(=O)=O. The van der Waals surface area contributed by atoms with Crippen LogP contribution < -0.4 is 5.32 Å². The van der Waals surface area contributed by atoms with Gasteiger partial charge in [-0.15, -0.1) is 6.58 Å². The van der Waals surface area contributed by atoms with Crippen LogP contribution in [-0.4, -0.2) is 44.7 Å². The Kier molecular flexibility index (Phi) is 3.90. The predicted octanol–water partition coefficient (Wildman–Crippen LogP) is -0.202. The Morgan fingerprint density at radius 3 is 2.92 bits per heavy atom. The summed E-state index contributed by atoms with van der Waals surface area (Å²) in [4.78, 5) is 0. The highest BCUT2D eigenvalue weighted by Crippen LogP contribution is 2.04. The van der Waals surface area contributed by atoms with Gasteiger partial charge in [-0.1, -0.05) is 6.08 Å². The van der Waals surface area contributed by atoms with Crippen LogP contribution in [-0.2, 0) is 10.0 Å². The lowest BCUT2D eigenvalue weighted by Gasteiger charge is -2.23. The second-order valence-electron chi connectivity index (χ2n) is 3.07. The van der Waals surface area contributed by atoms with Gasteiger partial charge in [0, 0.05) is 19.6 Å². The maximum absolute atomic E-state index is 11.6. The van der Waals surface area contributed by atoms with Crippen molar-refractivity contribution in [3.05, 3.63) is 12.7 Å². The molecule has 0 amide bonds. The van der Waals surface area contributed by atoms with Crippen LogP contribution in [0.15, 0.2) is 12.7 Å². The third-order valence-corrected chi connectivity index (χ3v) is 3.86. The summed E-state index contributed by atoms with van der Waals surface area (Å²) in [7, 11) is -3.05. The monoisotopic (exact) mass is 204 g/mol. The maximum Gasteiger partial charge on any atom is 0.215 e. The molecule has 1 N–H and O–H groups in total. The molecule has 0 unspecified atom stereocenters. The van der Waals surface area contributed by atoms with Crippen molar-refractivity contribution in [1.82, 2.24) is 9.62 Å². The molecule has 1 aliphatic rings. The molecule has 0 aromatic rings. The highest BCUT2D eigenvalue weighted by Gasteiger charge is 2.21. The van der Waals surface area contributed by atoms with Crippen molar-refractivity contribution < 1.29 is 8.42 Å². The molecular weight excluding hydrogens is 188 g/mol. The van der Waals surface area contributed by atoms with Gasteiger partial charge in [-0.2, -0.15) is 4.31 Å². The third-order valence-electron chi connectivity index (χ3n) is 2.02. The summed E-state index contributed by atoms with van der Waals surface area (Å²) in [6.45, 7) is 6.03. The van der Waals surface area contributed by atoms with Gasteiger partial charge in [0.15, 0.2) is 0 Å². The highest BCUT2D eigenvalue weighted by atomic mass is 32.2. The zero-order chi connectivity index (χ0) is 9.73. The number of rotatable bonds is 2. The zero-order valence-corrected chi connectivity index (χ0v) is 8.52. The lowest BCUT2D eigenvalue weighted by Crippen LogP contribution is -2.40. The first-order chi connectivity index (χ1) is 6.17. The first-order valence-corrected chi connectivity index (χ1v) is 6.07. The molecule has 1 aliphatic heterocycles. The van der Waals surface area contributed by atoms with Crippen molar-refractivity contribution in [1.29, 1.82) is 0 Å². The van der Waals surface area contributed by atoms with E-state index in [1.807, 2.05) is 0 Å². The minimum absolute atomic E-state index is 0.195. The van der Waals surface area contributed by atoms with Crippen LogP contribution in [0.1, 0.15) is 6.42 Å². The average Bonchev–Trinajstić information content (AvgIpc) is 2.06. The first kappa shape index (κ1) is 10.7. The van der Waals surface area contributed by atoms with Crippen molar-refractivity contribution in [3.8, 4) is 0 Å². The number of nitrogens with zero attached hydrogens (tertiary/aromatic N) is 1. The average molecular weight is 204 g/mol. The number of hydrogen-bond donors (Lipinski definition) is 1. The van der Waals surface area contributed by atoms with Crippen molar-refractivity contribution in [3.63, 3.8) is 0 Å². The molecule has 76 valence electrons. The van der Waals surface area contributed by atoms with Gasteiger partial charge in [0.25, 0.3) is 0 Å². The van der Waals surface area contributed by atoms with E-state index >= 15 is 0 Å². The summed E-state index contributed by atoms with van der Waals surface area (Å²) < 4.78 is 24.7. The zero-order valence-electron chi connectivity index (χ0n) is 7.70. The van der Waals surface area contributed by atoms with Crippen molar-refractivity contribution in [2.24, 2.45) is 0 Å². The van der Waals surface area contributed by atoms with Gasteiger partial charge in [-0.25, -0.2) is 8.42 Å². The van der Waals surface area contributed by atoms with E-state index in [0.29, 0.717) is 19.6 Å². The summed E-state index contributed by atoms with van der Waals surface area (Å²) in [6, 6.07) is 0. The van der Waals surface area contributed by atoms with E-state index in [2.05, 4.69) is 11.9 Å². The molecule has 0 aliphatic carbocycles. The molecule has 1 heterocycles. The minimum atomic E-state index is -3.05. The first-order valence-electron chi connectivity index (χ1n) is 4.46. The molecule has 1 fully saturated rings. The van der Waals surface area contributed by atoms with Crippen molar-refractivity contribution >= 4 is 10.0 Å². The molecule has 1 saturated heterocycles. The molecular formula is C8H16N2O2S. The minimum Gasteiger partial charge on any atom is -0.316 e. The van der Waals surface area contributed by atoms with Crippen LogP contribution in [0.4, 0.5) is 0 Å². The molecule has 0 saturated carbocycles. The number of nitrogens with one attached hydrogen (secondary N) is 1. The molecule has 0 aromatic heterocycles. The summed E-state index contributed by atoms with van der Waals surface area (Å²) in [6.07, 6.45) is 2.50. The van der Waals surface area contributed by atoms with Crippen LogP contribution in [0.2, 0.25) is 0 Å². The normalized spacial score (nSPS) is 24.6. The second-order valence-corrected chi connectivity index (χ2v) is 5.15. The fraction of sp³-hybridized carbons (Fsp3) is 0.750. The standard InChI is InChI=1S/C8H16N2O2S/c1-2-6-10-7-3-4-9-5-8-13(10,11)12/h2,9H,1,3-8H2. The van der Waals surface area contributed by atoms with Crippen LogP contribution >= 0.6 is 0 Å². The molecule has 4 nitrogen and oxygen atoms in total. The summed E-state index contributed by atoms with van der Waals surface area (Å²) in [5.41, 5.74) is 0. The van der Waals surface area contributed by atoms with E-state index < -0.39 is 10.0 Å². The van der Waals surface area contributed by atoms with Gasteiger partial charge >= 0.3 is 0 Å². The van der Waals surface area contributed by atoms with E-state index in [9.17, 15) is 8.42 Å². The van der Waals surface area contributed by atoms with Crippen LogP contribution in [0, 0.1) is 0 Å². The van der Waals surface area contributed by atoms with Gasteiger partial charge in [0.1, 0.15) is 0 Å². The molecule has 0 radical (unpaired) electrons. The van der Waals surface area contributed by atoms with E-state index in [-0.39, 0.29) is 5.75 Å². The Labute approximate surface area is 79.7 Å². The fourth-order valence-corrected chi connectivity index (χ4v) is 2.72. The van der Waals surface area contributed by atoms with Crippen molar-refractivity contribution in [2.45, 2.75) is 6.42 Å². The lowest BCUT2D eigenvalue weighted by molar-refractivity contribution is 0.419. The van der Waals surface area contributed by atoms with Crippen LogP contribution in [0.25, 0.3) is 0 Å². The Hall–Kier alpha value is -0.390. The van der Waals surface area contributed by atoms with Gasteiger partial charge in [-0.05, 0) is 13.0 Å². The molecule has 13 heavy (non-hydrogen) atoms. The Bertz CT molecular complexity index is 261. The molecule has 0 bridgehead atoms. The highest BCUT2D eigenvalue weighted by molar-refractivity contribution is 7.89. The van der Waals surface area contributed by atoms with E-state index in [1.54, 1.807) is 6.08 Å². The number of hydrogen-bond acceptors (Lipinski definition) is 3. The van der Waals surface area contributed by atoms with Crippen molar-refractivity contribution in [2.75, 3.05) is 31.9 Å². The fourth-order valence-electron chi connectivity index (χ4n) is 1.32. The third kappa shape index (κ3) is 3.10. The smallest absolute Gasteiger partial charge is 0.215 e. The molecule has 0 aromatic carbocycles. The largest absolute Gasteiger partial charge is 0.316 e. The summed E-state index contributed by atoms with van der Waals surface area (Å²) in [5.74, 6) is 0.195. The van der Waals surface area contributed by atoms with Gasteiger partial charge < -0.3 is 5.32 Å². The Morgan fingerprint density at radius 1 is 1.46 bits per heavy atom. The lowest BCUT2D eigenvalue weighted by atomic mass is 10.4. The molecule has 1 rings (SSSR count). The maximum atomic E-state index is 11.6. The van der Waals surface area contributed by atoms with Gasteiger partial charge in [-0.3, -0.25) is 0 Å². The quantitative estimate of drug-likeness (QED) is 0.634. The van der Waals surface area contributed by atoms with Crippen LogP contribution in [0.5, 0.6) is 0 Å². The van der Waals surface area contributed by atoms with E-state index in [0.717, 1.165) is 13.0 Å². The number of sulfonamides is 1. The molecule has 0 spiro atoms. The Morgan fingerprint density at radius 2 is 2.23 bits per heavy atom. The second kappa shape index (κ2) is 4.74. The summed E-state index contributed by atoms with van der Waals surface area (Å²) in [5, 5.41) is 3.07. The van der Waals surface area contributed by atoms with Gasteiger partial charge in [0.05, 0.1) is 5.75 Å². The molecule has 0 atom stereocenters. The van der Waals surface area contributed by atoms with Crippen LogP contribution in [0.3, 0.4) is 0 Å². The van der Waals surface area contributed by atoms with E-state index in [1.165, 1.54) is 4.31 Å². The Balaban J connectivity index is 2.68. The topological polar surface area (TPSA) is 49.4 Å². The molecule has 5 heteroatoms. The van der Waals surface area contributed by atoms with Gasteiger partial charge in [0.2, 0.25) is 10.0 Å². The van der Waals surface area contributed by atoms with E-state index in [4.69, 9.17) is 0 Å². The summed E-state index contributed by atoms with van der Waals surface area (Å²) >= 11 is 0.